The number of hydrogen-bond donors (Lipinski definition) is 2. The summed E-state index contributed by atoms with van der Waals surface area (Å²) in [5, 5.41) is 4.46. The molecule has 3 nitrogen and oxygen atoms in total. The van der Waals surface area contributed by atoms with Gasteiger partial charge in [0.05, 0.1) is 11.7 Å². The van der Waals surface area contributed by atoms with Crippen LogP contribution in [0.25, 0.3) is 0 Å². The maximum absolute atomic E-state index is 6.17. The number of nitrogen functional groups attached to an aromatic ring is 1. The van der Waals surface area contributed by atoms with Gasteiger partial charge in [0.25, 0.3) is 0 Å². The second-order valence-electron chi connectivity index (χ2n) is 4.12. The zero-order valence-electron chi connectivity index (χ0n) is 10.1. The molecule has 0 aliphatic rings. The second kappa shape index (κ2) is 5.99. The summed E-state index contributed by atoms with van der Waals surface area (Å²) in [6.45, 7) is 1.98. The quantitative estimate of drug-likeness (QED) is 0.817. The number of benzene rings is 1. The lowest BCUT2D eigenvalue weighted by atomic mass is 10.1. The molecule has 0 fully saturated rings. The number of rotatable bonds is 3. The molecule has 1 unspecified atom stereocenters. The molecular weight excluding hydrogens is 349 g/mol. The van der Waals surface area contributed by atoms with E-state index in [1.165, 1.54) is 0 Å². The Morgan fingerprint density at radius 3 is 2.68 bits per heavy atom. The molecule has 0 aliphatic heterocycles. The fourth-order valence-electron chi connectivity index (χ4n) is 1.71. The molecule has 0 spiro atoms. The minimum atomic E-state index is -0.0271. The minimum Gasteiger partial charge on any atom is -0.396 e. The lowest BCUT2D eigenvalue weighted by molar-refractivity contribution is 0.875. The first-order valence-electron chi connectivity index (χ1n) is 5.60. The van der Waals surface area contributed by atoms with E-state index in [-0.39, 0.29) is 6.04 Å². The van der Waals surface area contributed by atoms with Crippen LogP contribution in [0.4, 0.5) is 11.5 Å². The molecule has 0 bridgehead atoms. The lowest BCUT2D eigenvalue weighted by Gasteiger charge is -2.17. The van der Waals surface area contributed by atoms with Gasteiger partial charge in [0, 0.05) is 20.7 Å². The molecule has 1 atom stereocenters. The van der Waals surface area contributed by atoms with E-state index in [2.05, 4.69) is 26.2 Å². The average Bonchev–Trinajstić information content (AvgIpc) is 2.32. The van der Waals surface area contributed by atoms with Gasteiger partial charge in [-0.15, -0.1) is 0 Å². The Morgan fingerprint density at radius 2 is 2.05 bits per heavy atom. The van der Waals surface area contributed by atoms with E-state index in [0.717, 1.165) is 10.0 Å². The molecule has 1 aromatic carbocycles. The first-order chi connectivity index (χ1) is 8.97. The highest BCUT2D eigenvalue weighted by atomic mass is 79.9. The van der Waals surface area contributed by atoms with Crippen molar-refractivity contribution < 1.29 is 0 Å². The largest absolute Gasteiger partial charge is 0.396 e. The summed E-state index contributed by atoms with van der Waals surface area (Å²) in [6, 6.07) is 7.18. The van der Waals surface area contributed by atoms with E-state index in [1.54, 1.807) is 24.4 Å². The minimum absolute atomic E-state index is 0.0271. The van der Waals surface area contributed by atoms with Crippen LogP contribution in [0.2, 0.25) is 10.0 Å². The topological polar surface area (TPSA) is 50.9 Å². The van der Waals surface area contributed by atoms with E-state index < -0.39 is 0 Å². The van der Waals surface area contributed by atoms with Crippen LogP contribution in [-0.4, -0.2) is 4.98 Å². The Labute approximate surface area is 130 Å². The van der Waals surface area contributed by atoms with Crippen molar-refractivity contribution in [1.29, 1.82) is 0 Å². The van der Waals surface area contributed by atoms with Crippen molar-refractivity contribution in [3.63, 3.8) is 0 Å². The van der Waals surface area contributed by atoms with Crippen LogP contribution in [-0.2, 0) is 0 Å². The molecule has 19 heavy (non-hydrogen) atoms. The Balaban J connectivity index is 2.23. The van der Waals surface area contributed by atoms with Crippen LogP contribution in [0.5, 0.6) is 0 Å². The van der Waals surface area contributed by atoms with E-state index in [4.69, 9.17) is 28.9 Å². The smallest absolute Gasteiger partial charge is 0.149 e. The normalized spacial score (nSPS) is 12.2. The summed E-state index contributed by atoms with van der Waals surface area (Å²) in [5.41, 5.74) is 7.42. The van der Waals surface area contributed by atoms with E-state index in [0.29, 0.717) is 21.6 Å². The summed E-state index contributed by atoms with van der Waals surface area (Å²) in [7, 11) is 0. The van der Waals surface area contributed by atoms with Gasteiger partial charge in [-0.3, -0.25) is 0 Å². The number of aromatic nitrogens is 1. The molecular formula is C13H12BrCl2N3. The van der Waals surface area contributed by atoms with E-state index >= 15 is 0 Å². The molecule has 2 aromatic rings. The maximum Gasteiger partial charge on any atom is 0.149 e. The van der Waals surface area contributed by atoms with Gasteiger partial charge in [-0.25, -0.2) is 4.98 Å². The van der Waals surface area contributed by atoms with Crippen LogP contribution in [0.1, 0.15) is 18.5 Å². The molecule has 1 heterocycles. The van der Waals surface area contributed by atoms with Crippen LogP contribution >= 0.6 is 39.1 Å². The van der Waals surface area contributed by atoms with Gasteiger partial charge < -0.3 is 11.1 Å². The molecule has 0 aliphatic carbocycles. The van der Waals surface area contributed by atoms with Crippen molar-refractivity contribution in [3.05, 3.63) is 50.5 Å². The van der Waals surface area contributed by atoms with Gasteiger partial charge in [0.15, 0.2) is 0 Å². The molecule has 0 amide bonds. The van der Waals surface area contributed by atoms with Gasteiger partial charge in [-0.2, -0.15) is 0 Å². The fourth-order valence-corrected chi connectivity index (χ4v) is 2.63. The summed E-state index contributed by atoms with van der Waals surface area (Å²) in [5.74, 6) is 0.627. The highest BCUT2D eigenvalue weighted by molar-refractivity contribution is 9.10. The predicted octanol–water partition coefficient (Wildman–Crippen LogP) is 4.91. The third-order valence-electron chi connectivity index (χ3n) is 2.67. The van der Waals surface area contributed by atoms with Gasteiger partial charge in [0.2, 0.25) is 0 Å². The van der Waals surface area contributed by atoms with Gasteiger partial charge in [-0.1, -0.05) is 29.3 Å². The first kappa shape index (κ1) is 14.4. The number of nitrogens with zero attached hydrogens (tertiary/aromatic N) is 1. The molecule has 3 N–H and O–H groups in total. The molecule has 100 valence electrons. The number of nitrogens with one attached hydrogen (secondary N) is 1. The number of pyridine rings is 1. The molecule has 1 aromatic heterocycles. The van der Waals surface area contributed by atoms with Crippen molar-refractivity contribution >= 4 is 50.6 Å². The van der Waals surface area contributed by atoms with Crippen molar-refractivity contribution in [2.45, 2.75) is 13.0 Å². The molecule has 0 saturated carbocycles. The first-order valence-corrected chi connectivity index (χ1v) is 7.15. The number of halogens is 3. The Kier molecular flexibility index (Phi) is 4.55. The highest BCUT2D eigenvalue weighted by Crippen LogP contribution is 2.29. The number of anilines is 2. The van der Waals surface area contributed by atoms with Crippen molar-refractivity contribution in [3.8, 4) is 0 Å². The molecule has 6 heteroatoms. The summed E-state index contributed by atoms with van der Waals surface area (Å²) >= 11 is 15.4. The molecule has 0 saturated heterocycles. The third kappa shape index (κ3) is 3.53. The second-order valence-corrected chi connectivity index (χ2v) is 5.88. The van der Waals surface area contributed by atoms with Crippen LogP contribution < -0.4 is 11.1 Å². The van der Waals surface area contributed by atoms with Gasteiger partial charge in [0.1, 0.15) is 5.82 Å². The lowest BCUT2D eigenvalue weighted by Crippen LogP contribution is -2.10. The molecule has 2 rings (SSSR count). The Bertz CT molecular complexity index is 604. The highest BCUT2D eigenvalue weighted by Gasteiger charge is 2.12. The van der Waals surface area contributed by atoms with Crippen molar-refractivity contribution in [2.24, 2.45) is 0 Å². The summed E-state index contributed by atoms with van der Waals surface area (Å²) in [4.78, 5) is 4.24. The number of nitrogens with two attached hydrogens (primary N) is 1. The van der Waals surface area contributed by atoms with Crippen molar-refractivity contribution in [1.82, 2.24) is 4.98 Å². The van der Waals surface area contributed by atoms with Crippen LogP contribution in [0, 0.1) is 0 Å². The fraction of sp³-hybridized carbons (Fsp3) is 0.154. The van der Waals surface area contributed by atoms with Gasteiger partial charge in [-0.05, 0) is 46.6 Å². The Morgan fingerprint density at radius 1 is 1.32 bits per heavy atom. The zero-order chi connectivity index (χ0) is 14.0. The van der Waals surface area contributed by atoms with Crippen molar-refractivity contribution in [2.75, 3.05) is 11.1 Å². The summed E-state index contributed by atoms with van der Waals surface area (Å²) in [6.07, 6.45) is 1.69. The SMILES string of the molecule is CC(Nc1ncc(Br)cc1N)c1ccc(Cl)cc1Cl. The predicted molar refractivity (Wildman–Crippen MR) is 84.8 cm³/mol. The Hall–Kier alpha value is -0.970. The zero-order valence-corrected chi connectivity index (χ0v) is 13.2. The van der Waals surface area contributed by atoms with Crippen LogP contribution in [0.15, 0.2) is 34.9 Å². The average molecular weight is 361 g/mol. The molecule has 0 radical (unpaired) electrons. The maximum atomic E-state index is 6.17. The number of hydrogen-bond acceptors (Lipinski definition) is 3. The van der Waals surface area contributed by atoms with E-state index in [9.17, 15) is 0 Å². The van der Waals surface area contributed by atoms with Crippen LogP contribution in [0.3, 0.4) is 0 Å². The third-order valence-corrected chi connectivity index (χ3v) is 3.66. The monoisotopic (exact) mass is 359 g/mol. The standard InChI is InChI=1S/C13H12BrCl2N3/c1-7(10-3-2-9(15)5-11(10)16)19-13-12(17)4-8(14)6-18-13/h2-7H,17H2,1H3,(H,18,19). The van der Waals surface area contributed by atoms with Gasteiger partial charge >= 0.3 is 0 Å². The summed E-state index contributed by atoms with van der Waals surface area (Å²) < 4.78 is 0.840. The van der Waals surface area contributed by atoms with E-state index in [1.807, 2.05) is 13.0 Å².